The van der Waals surface area contributed by atoms with Crippen LogP contribution in [0.15, 0.2) is 11.6 Å². The minimum Gasteiger partial charge on any atom is -0.249 e. The van der Waals surface area contributed by atoms with Gasteiger partial charge in [0.15, 0.2) is 0 Å². The van der Waals surface area contributed by atoms with Crippen molar-refractivity contribution in [1.29, 1.82) is 0 Å². The van der Waals surface area contributed by atoms with Crippen molar-refractivity contribution in [2.24, 2.45) is 5.14 Å². The molecule has 0 bridgehead atoms. The lowest BCUT2D eigenvalue weighted by Gasteiger charge is -1.92. The number of aromatic nitrogens is 1. The highest BCUT2D eigenvalue weighted by atomic mass is 32.2. The van der Waals surface area contributed by atoms with E-state index in [4.69, 9.17) is 5.14 Å². The van der Waals surface area contributed by atoms with Gasteiger partial charge in [-0.05, 0) is 6.42 Å². The highest BCUT2D eigenvalue weighted by Crippen LogP contribution is 2.45. The minimum absolute atomic E-state index is 0.0556. The van der Waals surface area contributed by atoms with E-state index >= 15 is 0 Å². The largest absolute Gasteiger partial charge is 0.249 e. The first-order chi connectivity index (χ1) is 5.59. The van der Waals surface area contributed by atoms with Crippen LogP contribution in [0, 0.1) is 0 Å². The molecule has 0 radical (unpaired) electrons. The number of sulfonamides is 1. The SMILES string of the molecule is NS(=O)(=O)[C@@H]1C[C@H]1c1nccs1. The number of hydrogen-bond acceptors (Lipinski definition) is 4. The van der Waals surface area contributed by atoms with E-state index in [0.717, 1.165) is 5.01 Å². The molecule has 1 aromatic heterocycles. The zero-order valence-corrected chi connectivity index (χ0v) is 7.81. The van der Waals surface area contributed by atoms with Crippen LogP contribution in [0.4, 0.5) is 0 Å². The molecule has 2 N–H and O–H groups in total. The van der Waals surface area contributed by atoms with E-state index in [1.807, 2.05) is 5.38 Å². The summed E-state index contributed by atoms with van der Waals surface area (Å²) in [7, 11) is -3.34. The fourth-order valence-electron chi connectivity index (χ4n) is 1.21. The number of rotatable bonds is 2. The van der Waals surface area contributed by atoms with E-state index in [0.29, 0.717) is 6.42 Å². The lowest BCUT2D eigenvalue weighted by molar-refractivity contribution is 0.595. The molecule has 1 saturated carbocycles. The Morgan fingerprint density at radius 3 is 2.83 bits per heavy atom. The molecule has 1 aliphatic rings. The molecule has 4 nitrogen and oxygen atoms in total. The molecule has 0 saturated heterocycles. The second kappa shape index (κ2) is 2.51. The molecule has 1 aromatic rings. The van der Waals surface area contributed by atoms with Crippen molar-refractivity contribution in [2.45, 2.75) is 17.6 Å². The topological polar surface area (TPSA) is 73.1 Å². The van der Waals surface area contributed by atoms with E-state index in [1.165, 1.54) is 11.3 Å². The van der Waals surface area contributed by atoms with Gasteiger partial charge in [-0.1, -0.05) is 0 Å². The van der Waals surface area contributed by atoms with Gasteiger partial charge in [0.25, 0.3) is 0 Å². The third kappa shape index (κ3) is 1.37. The molecule has 1 fully saturated rings. The molecule has 2 rings (SSSR count). The fourth-order valence-corrected chi connectivity index (χ4v) is 3.18. The number of thiazole rings is 1. The summed E-state index contributed by atoms with van der Waals surface area (Å²) in [4.78, 5) is 4.04. The zero-order chi connectivity index (χ0) is 8.77. The molecule has 2 atom stereocenters. The van der Waals surface area contributed by atoms with E-state index < -0.39 is 10.0 Å². The lowest BCUT2D eigenvalue weighted by atomic mass is 10.5. The molecule has 0 aromatic carbocycles. The smallest absolute Gasteiger partial charge is 0.212 e. The summed E-state index contributed by atoms with van der Waals surface area (Å²) in [6, 6.07) is 0. The summed E-state index contributed by atoms with van der Waals surface area (Å²) >= 11 is 1.48. The van der Waals surface area contributed by atoms with Crippen LogP contribution in [0.1, 0.15) is 17.3 Å². The molecule has 0 aliphatic heterocycles. The van der Waals surface area contributed by atoms with Crippen molar-refractivity contribution in [1.82, 2.24) is 4.98 Å². The number of hydrogen-bond donors (Lipinski definition) is 1. The summed E-state index contributed by atoms with van der Waals surface area (Å²) in [6.45, 7) is 0. The Morgan fingerprint density at radius 1 is 1.67 bits per heavy atom. The third-order valence-electron chi connectivity index (χ3n) is 1.92. The van der Waals surface area contributed by atoms with Crippen LogP contribution in [0.5, 0.6) is 0 Å². The predicted octanol–water partition coefficient (Wildman–Crippen LogP) is 0.288. The highest BCUT2D eigenvalue weighted by molar-refractivity contribution is 7.90. The quantitative estimate of drug-likeness (QED) is 0.752. The Hall–Kier alpha value is -0.460. The van der Waals surface area contributed by atoms with Crippen molar-refractivity contribution >= 4 is 21.4 Å². The van der Waals surface area contributed by atoms with Gasteiger partial charge in [-0.15, -0.1) is 11.3 Å². The Morgan fingerprint density at radius 2 is 2.42 bits per heavy atom. The summed E-state index contributed by atoms with van der Waals surface area (Å²) < 4.78 is 21.7. The van der Waals surface area contributed by atoms with Gasteiger partial charge in [-0.3, -0.25) is 0 Å². The van der Waals surface area contributed by atoms with Crippen molar-refractivity contribution < 1.29 is 8.42 Å². The Bertz CT molecular complexity index is 370. The van der Waals surface area contributed by atoms with Gasteiger partial charge < -0.3 is 0 Å². The van der Waals surface area contributed by atoms with E-state index in [-0.39, 0.29) is 11.2 Å². The maximum absolute atomic E-state index is 10.9. The van der Waals surface area contributed by atoms with Gasteiger partial charge in [-0.2, -0.15) is 0 Å². The number of nitrogens with zero attached hydrogens (tertiary/aromatic N) is 1. The summed E-state index contributed by atoms with van der Waals surface area (Å²) in [5.41, 5.74) is 0. The van der Waals surface area contributed by atoms with Crippen LogP contribution < -0.4 is 5.14 Å². The zero-order valence-electron chi connectivity index (χ0n) is 6.17. The maximum Gasteiger partial charge on any atom is 0.212 e. The monoisotopic (exact) mass is 204 g/mol. The summed E-state index contributed by atoms with van der Waals surface area (Å²) in [6.07, 6.45) is 2.31. The van der Waals surface area contributed by atoms with Crippen molar-refractivity contribution in [3.8, 4) is 0 Å². The van der Waals surface area contributed by atoms with Crippen LogP contribution in [0.25, 0.3) is 0 Å². The first-order valence-corrected chi connectivity index (χ1v) is 5.99. The van der Waals surface area contributed by atoms with Crippen LogP contribution in [0.3, 0.4) is 0 Å². The molecule has 1 aliphatic carbocycles. The predicted molar refractivity (Wildman–Crippen MR) is 46.4 cm³/mol. The molecule has 66 valence electrons. The van der Waals surface area contributed by atoms with Crippen LogP contribution in [0.2, 0.25) is 0 Å². The molecular formula is C6H8N2O2S2. The lowest BCUT2D eigenvalue weighted by Crippen LogP contribution is -2.18. The second-order valence-corrected chi connectivity index (χ2v) is 5.55. The average Bonchev–Trinajstić information content (AvgIpc) is 2.60. The van der Waals surface area contributed by atoms with Crippen molar-refractivity contribution in [2.75, 3.05) is 0 Å². The van der Waals surface area contributed by atoms with Gasteiger partial charge in [0.2, 0.25) is 10.0 Å². The Balaban J connectivity index is 2.16. The summed E-state index contributed by atoms with van der Waals surface area (Å²) in [5.74, 6) is 0.0556. The number of nitrogens with two attached hydrogens (primary N) is 1. The van der Waals surface area contributed by atoms with Gasteiger partial charge in [0.05, 0.1) is 10.3 Å². The highest BCUT2D eigenvalue weighted by Gasteiger charge is 2.48. The van der Waals surface area contributed by atoms with Crippen LogP contribution >= 0.6 is 11.3 Å². The van der Waals surface area contributed by atoms with E-state index in [9.17, 15) is 8.42 Å². The van der Waals surface area contributed by atoms with Gasteiger partial charge in [0, 0.05) is 17.5 Å². The maximum atomic E-state index is 10.9. The Labute approximate surface area is 74.5 Å². The second-order valence-electron chi connectivity index (χ2n) is 2.84. The van der Waals surface area contributed by atoms with Gasteiger partial charge in [-0.25, -0.2) is 18.5 Å². The first-order valence-electron chi connectivity index (χ1n) is 3.50. The first kappa shape index (κ1) is 8.15. The molecule has 1 heterocycles. The van der Waals surface area contributed by atoms with Crippen molar-refractivity contribution in [3.05, 3.63) is 16.6 Å². The molecule has 0 amide bonds. The van der Waals surface area contributed by atoms with Gasteiger partial charge in [0.1, 0.15) is 0 Å². The standard InChI is InChI=1S/C6H8N2O2S2/c7-12(9,10)5-3-4(5)6-8-1-2-11-6/h1-2,4-5H,3H2,(H2,7,9,10)/t4-,5-/m1/s1. The van der Waals surface area contributed by atoms with E-state index in [2.05, 4.69) is 4.98 Å². The Kier molecular flexibility index (Phi) is 1.71. The van der Waals surface area contributed by atoms with Crippen molar-refractivity contribution in [3.63, 3.8) is 0 Å². The molecule has 12 heavy (non-hydrogen) atoms. The molecule has 6 heteroatoms. The molecular weight excluding hydrogens is 196 g/mol. The normalized spacial score (nSPS) is 28.8. The fraction of sp³-hybridized carbons (Fsp3) is 0.500. The third-order valence-corrected chi connectivity index (χ3v) is 4.19. The average molecular weight is 204 g/mol. The van der Waals surface area contributed by atoms with Crippen LogP contribution in [-0.2, 0) is 10.0 Å². The molecule has 0 spiro atoms. The van der Waals surface area contributed by atoms with Gasteiger partial charge >= 0.3 is 0 Å². The molecule has 0 unspecified atom stereocenters. The summed E-state index contributed by atoms with van der Waals surface area (Å²) in [5, 5.41) is 7.33. The van der Waals surface area contributed by atoms with E-state index in [1.54, 1.807) is 6.20 Å². The van der Waals surface area contributed by atoms with Crippen LogP contribution in [-0.4, -0.2) is 18.7 Å². The number of primary sulfonamides is 1. The minimum atomic E-state index is -3.34.